The van der Waals surface area contributed by atoms with Gasteiger partial charge in [0.1, 0.15) is 0 Å². The predicted molar refractivity (Wildman–Crippen MR) is 78.9 cm³/mol. The van der Waals surface area contributed by atoms with Crippen LogP contribution < -0.4 is 0 Å². The first kappa shape index (κ1) is 15.5. The molecule has 114 valence electrons. The van der Waals surface area contributed by atoms with Gasteiger partial charge in [-0.25, -0.2) is 9.59 Å². The van der Waals surface area contributed by atoms with E-state index in [4.69, 9.17) is 9.47 Å². The molecule has 1 aliphatic rings. The Hall–Kier alpha value is -1.84. The lowest BCUT2D eigenvalue weighted by Crippen LogP contribution is -2.16. The summed E-state index contributed by atoms with van der Waals surface area (Å²) in [5.74, 6) is -0.922. The van der Waals surface area contributed by atoms with Crippen molar-refractivity contribution in [3.05, 3.63) is 35.4 Å². The number of esters is 2. The molecule has 0 aliphatic carbocycles. The highest BCUT2D eigenvalue weighted by Crippen LogP contribution is 2.31. The Morgan fingerprint density at radius 2 is 1.86 bits per heavy atom. The van der Waals surface area contributed by atoms with Crippen LogP contribution in [0.4, 0.5) is 0 Å². The van der Waals surface area contributed by atoms with Gasteiger partial charge in [0.05, 0.1) is 12.2 Å². The lowest BCUT2D eigenvalue weighted by atomic mass is 10.1. The molecule has 1 aromatic rings. The molecule has 0 amide bonds. The largest absolute Gasteiger partial charge is 0.463 e. The van der Waals surface area contributed by atoms with E-state index in [1.165, 1.54) is 25.7 Å². The number of hydrogen-bond donors (Lipinski definition) is 0. The summed E-state index contributed by atoms with van der Waals surface area (Å²) < 4.78 is 10.3. The van der Waals surface area contributed by atoms with Crippen LogP contribution in [0.15, 0.2) is 24.3 Å². The first-order valence-electron chi connectivity index (χ1n) is 7.70. The highest BCUT2D eigenvalue weighted by molar-refractivity contribution is 5.98. The lowest BCUT2D eigenvalue weighted by Gasteiger charge is -2.10. The van der Waals surface area contributed by atoms with Crippen LogP contribution in [-0.2, 0) is 14.3 Å². The second-order valence-electron chi connectivity index (χ2n) is 5.31. The van der Waals surface area contributed by atoms with Crippen LogP contribution in [0.5, 0.6) is 0 Å². The monoisotopic (exact) mass is 290 g/mol. The highest BCUT2D eigenvalue weighted by atomic mass is 16.6. The smallest absolute Gasteiger partial charge is 0.352 e. The number of carbonyl (C=O) groups excluding carboxylic acids is 2. The topological polar surface area (TPSA) is 52.6 Å². The van der Waals surface area contributed by atoms with Crippen molar-refractivity contribution in [2.24, 2.45) is 0 Å². The SMILES string of the molecule is CCCCCCCCOC(=O)C1OC(=O)c2ccccc21. The van der Waals surface area contributed by atoms with Crippen molar-refractivity contribution < 1.29 is 19.1 Å². The van der Waals surface area contributed by atoms with Crippen LogP contribution in [0.3, 0.4) is 0 Å². The van der Waals surface area contributed by atoms with E-state index in [-0.39, 0.29) is 0 Å². The third kappa shape index (κ3) is 4.06. The van der Waals surface area contributed by atoms with E-state index >= 15 is 0 Å². The maximum atomic E-state index is 12.0. The van der Waals surface area contributed by atoms with Gasteiger partial charge >= 0.3 is 11.9 Å². The van der Waals surface area contributed by atoms with Crippen LogP contribution in [-0.4, -0.2) is 18.5 Å². The van der Waals surface area contributed by atoms with E-state index in [0.29, 0.717) is 17.7 Å². The minimum Gasteiger partial charge on any atom is -0.463 e. The summed E-state index contributed by atoms with van der Waals surface area (Å²) in [5, 5.41) is 0. The molecule has 0 bridgehead atoms. The van der Waals surface area contributed by atoms with Gasteiger partial charge in [0.25, 0.3) is 0 Å². The molecule has 0 fully saturated rings. The van der Waals surface area contributed by atoms with Gasteiger partial charge in [-0.3, -0.25) is 0 Å². The number of rotatable bonds is 8. The Kier molecular flexibility index (Phi) is 5.78. The molecule has 0 N–H and O–H groups in total. The minimum absolute atomic E-state index is 0.390. The predicted octanol–water partition coefficient (Wildman–Crippen LogP) is 3.80. The van der Waals surface area contributed by atoms with Gasteiger partial charge in [0.15, 0.2) is 0 Å². The molecule has 0 spiro atoms. The Morgan fingerprint density at radius 1 is 1.14 bits per heavy atom. The summed E-state index contributed by atoms with van der Waals surface area (Å²) in [7, 11) is 0. The number of fused-ring (bicyclic) bond motifs is 1. The van der Waals surface area contributed by atoms with Crippen molar-refractivity contribution >= 4 is 11.9 Å². The van der Waals surface area contributed by atoms with Crippen molar-refractivity contribution in [1.82, 2.24) is 0 Å². The fourth-order valence-electron chi connectivity index (χ4n) is 2.45. The van der Waals surface area contributed by atoms with Crippen molar-refractivity contribution in [3.8, 4) is 0 Å². The van der Waals surface area contributed by atoms with E-state index in [2.05, 4.69) is 6.92 Å². The second-order valence-corrected chi connectivity index (χ2v) is 5.31. The average molecular weight is 290 g/mol. The van der Waals surface area contributed by atoms with Crippen LogP contribution in [0.25, 0.3) is 0 Å². The summed E-state index contributed by atoms with van der Waals surface area (Å²) >= 11 is 0. The van der Waals surface area contributed by atoms with Gasteiger partial charge in [-0.1, -0.05) is 57.2 Å². The summed E-state index contributed by atoms with van der Waals surface area (Å²) in [4.78, 5) is 23.6. The van der Waals surface area contributed by atoms with Crippen molar-refractivity contribution in [2.45, 2.75) is 51.6 Å². The summed E-state index contributed by atoms with van der Waals surface area (Å²) in [6.07, 6.45) is 5.92. The summed E-state index contributed by atoms with van der Waals surface area (Å²) in [6.45, 7) is 2.57. The van der Waals surface area contributed by atoms with Crippen LogP contribution >= 0.6 is 0 Å². The lowest BCUT2D eigenvalue weighted by molar-refractivity contribution is -0.153. The number of benzene rings is 1. The van der Waals surface area contributed by atoms with E-state index in [1.807, 2.05) is 0 Å². The molecule has 1 heterocycles. The fourth-order valence-corrected chi connectivity index (χ4v) is 2.45. The third-order valence-corrected chi connectivity index (χ3v) is 3.64. The summed E-state index contributed by atoms with van der Waals surface area (Å²) in [5.41, 5.74) is 1.06. The van der Waals surface area contributed by atoms with Crippen molar-refractivity contribution in [1.29, 1.82) is 0 Å². The molecule has 21 heavy (non-hydrogen) atoms. The Balaban J connectivity index is 1.74. The van der Waals surface area contributed by atoms with Crippen LogP contribution in [0.2, 0.25) is 0 Å². The van der Waals surface area contributed by atoms with E-state index in [0.717, 1.165) is 12.8 Å². The molecule has 1 aromatic carbocycles. The van der Waals surface area contributed by atoms with E-state index < -0.39 is 18.0 Å². The van der Waals surface area contributed by atoms with Crippen molar-refractivity contribution in [2.75, 3.05) is 6.61 Å². The number of carbonyl (C=O) groups is 2. The minimum atomic E-state index is -0.895. The van der Waals surface area contributed by atoms with Gasteiger partial charge in [-0.05, 0) is 12.5 Å². The highest BCUT2D eigenvalue weighted by Gasteiger charge is 2.36. The normalized spacial score (nSPS) is 16.4. The van der Waals surface area contributed by atoms with Crippen LogP contribution in [0.1, 0.15) is 67.5 Å². The van der Waals surface area contributed by atoms with Gasteiger partial charge < -0.3 is 9.47 Å². The number of ether oxygens (including phenoxy) is 2. The van der Waals surface area contributed by atoms with E-state index in [9.17, 15) is 9.59 Å². The first-order chi connectivity index (χ1) is 10.2. The third-order valence-electron chi connectivity index (χ3n) is 3.64. The molecule has 1 aliphatic heterocycles. The zero-order valence-electron chi connectivity index (χ0n) is 12.5. The van der Waals surface area contributed by atoms with E-state index in [1.54, 1.807) is 24.3 Å². The zero-order valence-corrected chi connectivity index (χ0v) is 12.5. The average Bonchev–Trinajstić information content (AvgIpc) is 2.84. The molecule has 2 rings (SSSR count). The number of hydrogen-bond acceptors (Lipinski definition) is 4. The molecule has 4 nitrogen and oxygen atoms in total. The molecule has 4 heteroatoms. The first-order valence-corrected chi connectivity index (χ1v) is 7.70. The Labute approximate surface area is 125 Å². The molecular formula is C17H22O4. The molecule has 1 atom stereocenters. The van der Waals surface area contributed by atoms with Crippen molar-refractivity contribution in [3.63, 3.8) is 0 Å². The zero-order chi connectivity index (χ0) is 15.1. The molecule has 0 saturated carbocycles. The van der Waals surface area contributed by atoms with Gasteiger partial charge in [0.2, 0.25) is 6.10 Å². The van der Waals surface area contributed by atoms with Gasteiger partial charge in [-0.2, -0.15) is 0 Å². The fraction of sp³-hybridized carbons (Fsp3) is 0.529. The second kappa shape index (κ2) is 7.81. The maximum Gasteiger partial charge on any atom is 0.352 e. The van der Waals surface area contributed by atoms with Crippen LogP contribution in [0, 0.1) is 0 Å². The standard InChI is InChI=1S/C17H22O4/c1-2-3-4-5-6-9-12-20-17(19)15-13-10-7-8-11-14(13)16(18)21-15/h7-8,10-11,15H,2-6,9,12H2,1H3. The summed E-state index contributed by atoms with van der Waals surface area (Å²) in [6, 6.07) is 6.94. The molecule has 1 unspecified atom stereocenters. The number of unbranched alkanes of at least 4 members (excludes halogenated alkanes) is 5. The molecule has 0 radical (unpaired) electrons. The number of cyclic esters (lactones) is 1. The van der Waals surface area contributed by atoms with Gasteiger partial charge in [0, 0.05) is 5.56 Å². The Bertz CT molecular complexity index is 495. The maximum absolute atomic E-state index is 12.0. The van der Waals surface area contributed by atoms with Gasteiger partial charge in [-0.15, -0.1) is 0 Å². The molecular weight excluding hydrogens is 268 g/mol. The quantitative estimate of drug-likeness (QED) is 0.540. The molecule has 0 aromatic heterocycles. The Morgan fingerprint density at radius 3 is 2.67 bits per heavy atom. The molecule has 0 saturated heterocycles.